The fraction of sp³-hybridized carbons (Fsp3) is 0.625. The molecule has 23 heavy (non-hydrogen) atoms. The van der Waals surface area contributed by atoms with E-state index in [-0.39, 0.29) is 35.8 Å². The standard InChI is InChI=1S/C16H21F2NO3S/c17-15-5-1-3-12(16(15)18)9-19(10-14-4-2-7-22-14)13-6-8-23(20,21)11-13/h1,3,5,13-14H,2,4,6-11H2. The number of benzene rings is 1. The van der Waals surface area contributed by atoms with Crippen molar-refractivity contribution in [3.8, 4) is 0 Å². The van der Waals surface area contributed by atoms with E-state index in [4.69, 9.17) is 4.74 Å². The van der Waals surface area contributed by atoms with Crippen LogP contribution in [0.15, 0.2) is 18.2 Å². The lowest BCUT2D eigenvalue weighted by atomic mass is 10.1. The molecule has 0 radical (unpaired) electrons. The van der Waals surface area contributed by atoms with Crippen LogP contribution in [0.25, 0.3) is 0 Å². The summed E-state index contributed by atoms with van der Waals surface area (Å²) in [7, 11) is -3.03. The second-order valence-corrected chi connectivity index (χ2v) is 8.56. The number of hydrogen-bond acceptors (Lipinski definition) is 4. The van der Waals surface area contributed by atoms with Crippen LogP contribution in [0.3, 0.4) is 0 Å². The van der Waals surface area contributed by atoms with Crippen LogP contribution in [-0.4, -0.2) is 50.1 Å². The van der Waals surface area contributed by atoms with Crippen LogP contribution < -0.4 is 0 Å². The molecule has 2 aliphatic heterocycles. The number of halogens is 2. The third kappa shape index (κ3) is 4.08. The summed E-state index contributed by atoms with van der Waals surface area (Å²) in [4.78, 5) is 1.94. The maximum absolute atomic E-state index is 14.0. The van der Waals surface area contributed by atoms with Crippen molar-refractivity contribution >= 4 is 9.84 Å². The molecule has 1 aromatic rings. The van der Waals surface area contributed by atoms with Crippen molar-refractivity contribution in [3.05, 3.63) is 35.4 Å². The summed E-state index contributed by atoms with van der Waals surface area (Å²) in [5, 5.41) is 0. The Hall–Kier alpha value is -1.05. The van der Waals surface area contributed by atoms with Gasteiger partial charge >= 0.3 is 0 Å². The first-order chi connectivity index (χ1) is 10.9. The van der Waals surface area contributed by atoms with Crippen molar-refractivity contribution in [1.82, 2.24) is 4.90 Å². The third-order valence-corrected chi connectivity index (χ3v) is 6.34. The lowest BCUT2D eigenvalue weighted by Crippen LogP contribution is -2.41. The van der Waals surface area contributed by atoms with Gasteiger partial charge in [-0.05, 0) is 25.3 Å². The molecule has 0 aromatic heterocycles. The summed E-state index contributed by atoms with van der Waals surface area (Å²) in [5.41, 5.74) is 0.257. The Morgan fingerprint density at radius 3 is 2.74 bits per heavy atom. The topological polar surface area (TPSA) is 46.6 Å². The van der Waals surface area contributed by atoms with Crippen LogP contribution in [0.4, 0.5) is 8.78 Å². The molecule has 1 aromatic carbocycles. The molecule has 2 atom stereocenters. The van der Waals surface area contributed by atoms with Crippen LogP contribution in [0, 0.1) is 11.6 Å². The molecule has 0 amide bonds. The zero-order chi connectivity index (χ0) is 16.4. The maximum atomic E-state index is 14.0. The molecule has 0 saturated carbocycles. The van der Waals surface area contributed by atoms with Crippen LogP contribution in [0.5, 0.6) is 0 Å². The van der Waals surface area contributed by atoms with E-state index in [1.807, 2.05) is 4.90 Å². The first-order valence-electron chi connectivity index (χ1n) is 7.93. The van der Waals surface area contributed by atoms with E-state index in [9.17, 15) is 17.2 Å². The average Bonchev–Trinajstić information content (AvgIpc) is 3.12. The molecular weight excluding hydrogens is 324 g/mol. The van der Waals surface area contributed by atoms with E-state index >= 15 is 0 Å². The Bertz CT molecular complexity index is 659. The van der Waals surface area contributed by atoms with Crippen molar-refractivity contribution in [2.45, 2.75) is 38.0 Å². The van der Waals surface area contributed by atoms with Gasteiger partial charge in [0.05, 0.1) is 17.6 Å². The second-order valence-electron chi connectivity index (χ2n) is 6.33. The van der Waals surface area contributed by atoms with Gasteiger partial charge in [-0.15, -0.1) is 0 Å². The number of ether oxygens (including phenoxy) is 1. The summed E-state index contributed by atoms with van der Waals surface area (Å²) in [6.45, 7) is 1.45. The van der Waals surface area contributed by atoms with Gasteiger partial charge in [0.15, 0.2) is 21.5 Å². The van der Waals surface area contributed by atoms with Crippen molar-refractivity contribution < 1.29 is 21.9 Å². The van der Waals surface area contributed by atoms with Gasteiger partial charge in [-0.1, -0.05) is 12.1 Å². The highest BCUT2D eigenvalue weighted by atomic mass is 32.2. The predicted octanol–water partition coefficient (Wildman–Crippen LogP) is 2.13. The van der Waals surface area contributed by atoms with E-state index in [0.29, 0.717) is 19.6 Å². The van der Waals surface area contributed by atoms with Crippen LogP contribution in [-0.2, 0) is 21.1 Å². The van der Waals surface area contributed by atoms with Crippen LogP contribution >= 0.6 is 0 Å². The van der Waals surface area contributed by atoms with Gasteiger partial charge in [-0.25, -0.2) is 17.2 Å². The summed E-state index contributed by atoms with van der Waals surface area (Å²) in [5.74, 6) is -1.49. The molecule has 4 nitrogen and oxygen atoms in total. The second kappa shape index (κ2) is 6.83. The van der Waals surface area contributed by atoms with E-state index in [1.54, 1.807) is 6.07 Å². The number of nitrogens with zero attached hydrogens (tertiary/aromatic N) is 1. The summed E-state index contributed by atoms with van der Waals surface area (Å²) < 4.78 is 56.5. The molecule has 7 heteroatoms. The molecule has 0 spiro atoms. The molecule has 2 fully saturated rings. The fourth-order valence-corrected chi connectivity index (χ4v) is 5.11. The quantitative estimate of drug-likeness (QED) is 0.820. The first kappa shape index (κ1) is 16.8. The van der Waals surface area contributed by atoms with Crippen LogP contribution in [0.2, 0.25) is 0 Å². The zero-order valence-corrected chi connectivity index (χ0v) is 13.7. The minimum Gasteiger partial charge on any atom is -0.377 e. The molecule has 2 unspecified atom stereocenters. The van der Waals surface area contributed by atoms with Crippen molar-refractivity contribution in [2.75, 3.05) is 24.7 Å². The highest BCUT2D eigenvalue weighted by molar-refractivity contribution is 7.91. The van der Waals surface area contributed by atoms with E-state index < -0.39 is 21.5 Å². The molecule has 0 aliphatic carbocycles. The third-order valence-electron chi connectivity index (χ3n) is 4.59. The number of sulfone groups is 1. The van der Waals surface area contributed by atoms with Crippen molar-refractivity contribution in [1.29, 1.82) is 0 Å². The molecule has 2 saturated heterocycles. The molecule has 2 heterocycles. The van der Waals surface area contributed by atoms with Gasteiger partial charge in [-0.2, -0.15) is 0 Å². The Morgan fingerprint density at radius 1 is 1.26 bits per heavy atom. The molecule has 0 N–H and O–H groups in total. The Morgan fingerprint density at radius 2 is 2.09 bits per heavy atom. The molecular formula is C16H21F2NO3S. The zero-order valence-electron chi connectivity index (χ0n) is 12.9. The highest BCUT2D eigenvalue weighted by Crippen LogP contribution is 2.24. The summed E-state index contributed by atoms with van der Waals surface area (Å²) >= 11 is 0. The van der Waals surface area contributed by atoms with Gasteiger partial charge in [-0.3, -0.25) is 4.90 Å². The van der Waals surface area contributed by atoms with Gasteiger partial charge < -0.3 is 4.74 Å². The molecule has 3 rings (SSSR count). The highest BCUT2D eigenvalue weighted by Gasteiger charge is 2.34. The summed E-state index contributed by atoms with van der Waals surface area (Å²) in [6, 6.07) is 3.95. The van der Waals surface area contributed by atoms with Gasteiger partial charge in [0.1, 0.15) is 0 Å². The van der Waals surface area contributed by atoms with Gasteiger partial charge in [0.2, 0.25) is 0 Å². The molecule has 2 aliphatic rings. The minimum atomic E-state index is -3.03. The predicted molar refractivity (Wildman–Crippen MR) is 82.8 cm³/mol. The molecule has 0 bridgehead atoms. The van der Waals surface area contributed by atoms with E-state index in [1.165, 1.54) is 6.07 Å². The number of hydrogen-bond donors (Lipinski definition) is 0. The Kier molecular flexibility index (Phi) is 4.98. The molecule has 128 valence electrons. The lowest BCUT2D eigenvalue weighted by molar-refractivity contribution is 0.0569. The van der Waals surface area contributed by atoms with Gasteiger partial charge in [0.25, 0.3) is 0 Å². The monoisotopic (exact) mass is 345 g/mol. The largest absolute Gasteiger partial charge is 0.377 e. The lowest BCUT2D eigenvalue weighted by Gasteiger charge is -2.30. The fourth-order valence-electron chi connectivity index (χ4n) is 3.35. The smallest absolute Gasteiger partial charge is 0.163 e. The van der Waals surface area contributed by atoms with E-state index in [2.05, 4.69) is 0 Å². The number of rotatable bonds is 5. The Labute approximate surface area is 135 Å². The maximum Gasteiger partial charge on any atom is 0.163 e. The average molecular weight is 345 g/mol. The van der Waals surface area contributed by atoms with Crippen molar-refractivity contribution in [3.63, 3.8) is 0 Å². The van der Waals surface area contributed by atoms with Crippen LogP contribution in [0.1, 0.15) is 24.8 Å². The van der Waals surface area contributed by atoms with E-state index in [0.717, 1.165) is 18.9 Å². The summed E-state index contributed by atoms with van der Waals surface area (Å²) in [6.07, 6.45) is 2.47. The van der Waals surface area contributed by atoms with Crippen molar-refractivity contribution in [2.24, 2.45) is 0 Å². The SMILES string of the molecule is O=S1(=O)CCC(N(Cc2cccc(F)c2F)CC2CCCO2)C1. The normalized spacial score (nSPS) is 26.9. The minimum absolute atomic E-state index is 0.0370. The van der Waals surface area contributed by atoms with Gasteiger partial charge in [0, 0.05) is 31.3 Å². The first-order valence-corrected chi connectivity index (χ1v) is 9.76. The Balaban J connectivity index is 1.78.